The minimum absolute atomic E-state index is 0.0116. The van der Waals surface area contributed by atoms with Crippen molar-refractivity contribution in [3.8, 4) is 6.07 Å². The van der Waals surface area contributed by atoms with Crippen LogP contribution < -0.4 is 0 Å². The average molecular weight is 157 g/mol. The second-order valence-electron chi connectivity index (χ2n) is 2.48. The van der Waals surface area contributed by atoms with Gasteiger partial charge in [0.15, 0.2) is 5.41 Å². The maximum atomic E-state index is 12.5. The summed E-state index contributed by atoms with van der Waals surface area (Å²) in [5.41, 5.74) is -1.46. The molecule has 0 radical (unpaired) electrons. The number of carbonyl (C=O) groups excluding carboxylic acids is 1. The summed E-state index contributed by atoms with van der Waals surface area (Å²) in [5.74, 6) is -0.727. The minimum atomic E-state index is -1.46. The molecular formula is C7H8FNO2. The van der Waals surface area contributed by atoms with E-state index in [2.05, 4.69) is 4.74 Å². The topological polar surface area (TPSA) is 50.1 Å². The third kappa shape index (κ3) is 1.07. The van der Waals surface area contributed by atoms with Crippen molar-refractivity contribution >= 4 is 5.97 Å². The molecule has 4 heteroatoms. The Morgan fingerprint density at radius 1 is 2.00 bits per heavy atom. The molecule has 1 rings (SSSR count). The van der Waals surface area contributed by atoms with Crippen LogP contribution >= 0.6 is 0 Å². The lowest BCUT2D eigenvalue weighted by Gasteiger charge is -2.03. The first-order valence-corrected chi connectivity index (χ1v) is 3.40. The first-order chi connectivity index (χ1) is 5.17. The van der Waals surface area contributed by atoms with Crippen molar-refractivity contribution in [2.75, 3.05) is 6.61 Å². The van der Waals surface area contributed by atoms with Gasteiger partial charge in [-0.15, -0.1) is 0 Å². The highest BCUT2D eigenvalue weighted by Gasteiger charge is 2.63. The van der Waals surface area contributed by atoms with E-state index in [9.17, 15) is 9.18 Å². The SMILES string of the molecule is CCOC(=O)[C@]1(C#N)C[C@@H]1F. The van der Waals surface area contributed by atoms with Crippen LogP contribution in [-0.2, 0) is 9.53 Å². The van der Waals surface area contributed by atoms with Gasteiger partial charge in [-0.2, -0.15) is 5.26 Å². The molecule has 0 N–H and O–H groups in total. The van der Waals surface area contributed by atoms with Gasteiger partial charge in [-0.05, 0) is 6.92 Å². The molecule has 1 aliphatic rings. The van der Waals surface area contributed by atoms with E-state index >= 15 is 0 Å². The fraction of sp³-hybridized carbons (Fsp3) is 0.714. The van der Waals surface area contributed by atoms with Gasteiger partial charge in [0, 0.05) is 6.42 Å². The van der Waals surface area contributed by atoms with Gasteiger partial charge in [-0.3, -0.25) is 4.79 Å². The molecule has 1 aliphatic carbocycles. The van der Waals surface area contributed by atoms with E-state index < -0.39 is 17.6 Å². The highest BCUT2D eigenvalue weighted by Crippen LogP contribution is 2.48. The van der Waals surface area contributed by atoms with Crippen molar-refractivity contribution in [2.24, 2.45) is 5.41 Å². The number of nitrogens with zero attached hydrogens (tertiary/aromatic N) is 1. The van der Waals surface area contributed by atoms with Gasteiger partial charge in [-0.25, -0.2) is 4.39 Å². The molecule has 60 valence electrons. The minimum Gasteiger partial charge on any atom is -0.465 e. The van der Waals surface area contributed by atoms with Gasteiger partial charge in [0.2, 0.25) is 0 Å². The Bertz CT molecular complexity index is 223. The van der Waals surface area contributed by atoms with Crippen LogP contribution in [0.5, 0.6) is 0 Å². The largest absolute Gasteiger partial charge is 0.465 e. The van der Waals surface area contributed by atoms with Gasteiger partial charge in [0.1, 0.15) is 6.17 Å². The molecule has 3 nitrogen and oxygen atoms in total. The van der Waals surface area contributed by atoms with Crippen molar-refractivity contribution in [1.29, 1.82) is 5.26 Å². The summed E-state index contributed by atoms with van der Waals surface area (Å²) < 4.78 is 17.0. The quantitative estimate of drug-likeness (QED) is 0.557. The van der Waals surface area contributed by atoms with Crippen LogP contribution in [-0.4, -0.2) is 18.7 Å². The van der Waals surface area contributed by atoms with Crippen molar-refractivity contribution in [2.45, 2.75) is 19.5 Å². The molecule has 0 spiro atoms. The van der Waals surface area contributed by atoms with E-state index in [0.29, 0.717) is 0 Å². The molecule has 11 heavy (non-hydrogen) atoms. The number of halogens is 1. The monoisotopic (exact) mass is 157 g/mol. The molecular weight excluding hydrogens is 149 g/mol. The van der Waals surface area contributed by atoms with Crippen LogP contribution in [0.2, 0.25) is 0 Å². The van der Waals surface area contributed by atoms with Gasteiger partial charge >= 0.3 is 5.97 Å². The zero-order valence-corrected chi connectivity index (χ0v) is 6.13. The standard InChI is InChI=1S/C7H8FNO2/c1-2-11-6(10)7(4-9)3-5(7)8/h5H,2-3H2,1H3/t5-,7-/m0/s1. The summed E-state index contributed by atoms with van der Waals surface area (Å²) in [6, 6.07) is 1.64. The number of hydrogen-bond donors (Lipinski definition) is 0. The number of ether oxygens (including phenoxy) is 1. The average Bonchev–Trinajstić information content (AvgIpc) is 2.63. The molecule has 0 amide bonds. The highest BCUT2D eigenvalue weighted by molar-refractivity contribution is 5.84. The Morgan fingerprint density at radius 2 is 2.55 bits per heavy atom. The van der Waals surface area contributed by atoms with Gasteiger partial charge in [0.25, 0.3) is 0 Å². The summed E-state index contributed by atoms with van der Waals surface area (Å²) in [4.78, 5) is 10.9. The van der Waals surface area contributed by atoms with Gasteiger partial charge in [0.05, 0.1) is 12.7 Å². The number of hydrogen-bond acceptors (Lipinski definition) is 3. The first kappa shape index (κ1) is 7.99. The predicted molar refractivity (Wildman–Crippen MR) is 34.2 cm³/mol. The predicted octanol–water partition coefficient (Wildman–Crippen LogP) is 0.801. The Labute approximate surface area is 63.8 Å². The van der Waals surface area contributed by atoms with Crippen LogP contribution in [0.25, 0.3) is 0 Å². The second-order valence-corrected chi connectivity index (χ2v) is 2.48. The maximum absolute atomic E-state index is 12.5. The Balaban J connectivity index is 2.60. The molecule has 1 fully saturated rings. The second kappa shape index (κ2) is 2.50. The molecule has 0 aromatic rings. The van der Waals surface area contributed by atoms with E-state index in [1.807, 2.05) is 0 Å². The first-order valence-electron chi connectivity index (χ1n) is 3.40. The van der Waals surface area contributed by atoms with Gasteiger partial charge in [-0.1, -0.05) is 0 Å². The molecule has 1 saturated carbocycles. The van der Waals surface area contributed by atoms with Crippen molar-refractivity contribution in [3.05, 3.63) is 0 Å². The highest BCUT2D eigenvalue weighted by atomic mass is 19.1. The molecule has 0 heterocycles. The van der Waals surface area contributed by atoms with Crippen LogP contribution in [0.4, 0.5) is 4.39 Å². The van der Waals surface area contributed by atoms with E-state index in [4.69, 9.17) is 5.26 Å². The lowest BCUT2D eigenvalue weighted by atomic mass is 10.1. The Morgan fingerprint density at radius 3 is 2.82 bits per heavy atom. The third-order valence-corrected chi connectivity index (χ3v) is 1.71. The van der Waals surface area contributed by atoms with Crippen LogP contribution in [0.15, 0.2) is 0 Å². The summed E-state index contributed by atoms with van der Waals surface area (Å²) in [6.07, 6.45) is -1.34. The zero-order chi connectivity index (χ0) is 8.48. The number of nitriles is 1. The summed E-state index contributed by atoms with van der Waals surface area (Å²) in [7, 11) is 0. The summed E-state index contributed by atoms with van der Waals surface area (Å²) in [6.45, 7) is 1.81. The number of esters is 1. The lowest BCUT2D eigenvalue weighted by Crippen LogP contribution is -2.19. The molecule has 0 saturated heterocycles. The maximum Gasteiger partial charge on any atom is 0.329 e. The van der Waals surface area contributed by atoms with E-state index in [1.54, 1.807) is 13.0 Å². The van der Waals surface area contributed by atoms with Crippen LogP contribution in [0, 0.1) is 16.7 Å². The normalized spacial score (nSPS) is 34.1. The molecule has 2 atom stereocenters. The van der Waals surface area contributed by atoms with Crippen LogP contribution in [0.3, 0.4) is 0 Å². The number of carbonyl (C=O) groups is 1. The Hall–Kier alpha value is -1.11. The third-order valence-electron chi connectivity index (χ3n) is 1.71. The molecule has 0 bridgehead atoms. The summed E-state index contributed by atoms with van der Waals surface area (Å²) in [5, 5.41) is 8.43. The molecule has 0 aliphatic heterocycles. The zero-order valence-electron chi connectivity index (χ0n) is 6.13. The van der Waals surface area contributed by atoms with Crippen molar-refractivity contribution in [1.82, 2.24) is 0 Å². The van der Waals surface area contributed by atoms with Crippen molar-refractivity contribution < 1.29 is 13.9 Å². The van der Waals surface area contributed by atoms with Gasteiger partial charge < -0.3 is 4.74 Å². The summed E-state index contributed by atoms with van der Waals surface area (Å²) >= 11 is 0. The van der Waals surface area contributed by atoms with E-state index in [0.717, 1.165) is 0 Å². The van der Waals surface area contributed by atoms with Crippen LogP contribution in [0.1, 0.15) is 13.3 Å². The molecule has 0 aromatic carbocycles. The van der Waals surface area contributed by atoms with Crippen molar-refractivity contribution in [3.63, 3.8) is 0 Å². The smallest absolute Gasteiger partial charge is 0.329 e. The van der Waals surface area contributed by atoms with E-state index in [1.165, 1.54) is 0 Å². The lowest BCUT2D eigenvalue weighted by molar-refractivity contribution is -0.148. The number of alkyl halides is 1. The molecule has 0 unspecified atom stereocenters. The molecule has 0 aromatic heterocycles. The fourth-order valence-electron chi connectivity index (χ4n) is 0.856. The van der Waals surface area contributed by atoms with E-state index in [-0.39, 0.29) is 13.0 Å². The number of rotatable bonds is 2. The Kier molecular flexibility index (Phi) is 1.81. The fourth-order valence-corrected chi connectivity index (χ4v) is 0.856.